The number of rotatable bonds is 10. The SMILES string of the molecule is C=C(CCCNC(=O)OCc1cc(C)cc(N=Nc2ccc(OC)cc2)c1O)C(=O)O. The van der Waals surface area contributed by atoms with Crippen LogP contribution in [0.5, 0.6) is 11.5 Å². The Hall–Kier alpha value is -3.88. The van der Waals surface area contributed by atoms with Gasteiger partial charge in [0.1, 0.15) is 23.8 Å². The van der Waals surface area contributed by atoms with Gasteiger partial charge in [0.2, 0.25) is 0 Å². The molecule has 0 aliphatic rings. The van der Waals surface area contributed by atoms with Crippen LogP contribution in [0.3, 0.4) is 0 Å². The highest BCUT2D eigenvalue weighted by atomic mass is 16.5. The number of carbonyl (C=O) groups excluding carboxylic acids is 1. The number of aliphatic carboxylic acids is 1. The average Bonchev–Trinajstić information content (AvgIpc) is 2.76. The number of benzene rings is 2. The Bertz CT molecular complexity index is 970. The number of carboxylic acid groups (broad SMARTS) is 1. The number of phenolic OH excluding ortho intramolecular Hbond substituents is 1. The van der Waals surface area contributed by atoms with Gasteiger partial charge in [-0.15, -0.1) is 5.11 Å². The van der Waals surface area contributed by atoms with E-state index in [0.717, 1.165) is 5.56 Å². The van der Waals surface area contributed by atoms with Crippen LogP contribution in [0.15, 0.2) is 58.8 Å². The van der Waals surface area contributed by atoms with Crippen molar-refractivity contribution in [2.24, 2.45) is 10.2 Å². The molecule has 0 aromatic heterocycles. The second-order valence-electron chi connectivity index (χ2n) is 6.70. The van der Waals surface area contributed by atoms with Crippen LogP contribution in [0.25, 0.3) is 0 Å². The number of hydrogen-bond donors (Lipinski definition) is 3. The summed E-state index contributed by atoms with van der Waals surface area (Å²) >= 11 is 0. The standard InChI is InChI=1S/C22H25N3O6/c1-14-11-16(13-31-22(29)23-10-4-5-15(2)21(27)28)20(26)19(12-14)25-24-17-6-8-18(30-3)9-7-17/h6-9,11-12,26H,2,4-5,10,13H2,1,3H3,(H,23,29)(H,27,28). The maximum atomic E-state index is 11.8. The number of carbonyl (C=O) groups is 2. The summed E-state index contributed by atoms with van der Waals surface area (Å²) in [6.07, 6.45) is 0.00565. The van der Waals surface area contributed by atoms with Crippen molar-refractivity contribution in [1.29, 1.82) is 0 Å². The number of ether oxygens (including phenoxy) is 2. The summed E-state index contributed by atoms with van der Waals surface area (Å²) in [5.41, 5.74) is 2.12. The van der Waals surface area contributed by atoms with Gasteiger partial charge in [-0.05, 0) is 61.7 Å². The van der Waals surface area contributed by atoms with Crippen molar-refractivity contribution in [3.63, 3.8) is 0 Å². The number of methoxy groups -OCH3 is 1. The molecule has 164 valence electrons. The third kappa shape index (κ3) is 7.46. The fourth-order valence-electron chi connectivity index (χ4n) is 2.57. The quantitative estimate of drug-likeness (QED) is 0.284. The molecule has 1 amide bonds. The molecule has 0 saturated heterocycles. The number of alkyl carbamates (subject to hydrolysis) is 1. The molecule has 0 fully saturated rings. The second kappa shape index (κ2) is 11.3. The lowest BCUT2D eigenvalue weighted by molar-refractivity contribution is -0.132. The monoisotopic (exact) mass is 427 g/mol. The summed E-state index contributed by atoms with van der Waals surface area (Å²) < 4.78 is 10.2. The van der Waals surface area contributed by atoms with E-state index in [0.29, 0.717) is 23.4 Å². The Morgan fingerprint density at radius 2 is 1.87 bits per heavy atom. The number of carboxylic acids is 1. The topological polar surface area (TPSA) is 130 Å². The predicted molar refractivity (Wildman–Crippen MR) is 114 cm³/mol. The first-order valence-electron chi connectivity index (χ1n) is 9.50. The number of aromatic hydroxyl groups is 1. The van der Waals surface area contributed by atoms with E-state index in [4.69, 9.17) is 14.6 Å². The van der Waals surface area contributed by atoms with Gasteiger partial charge >= 0.3 is 12.1 Å². The Labute approximate surface area is 180 Å². The molecule has 3 N–H and O–H groups in total. The van der Waals surface area contributed by atoms with E-state index in [9.17, 15) is 14.7 Å². The number of nitrogens with zero attached hydrogens (tertiary/aromatic N) is 2. The zero-order valence-corrected chi connectivity index (χ0v) is 17.4. The summed E-state index contributed by atoms with van der Waals surface area (Å²) in [4.78, 5) is 22.5. The lowest BCUT2D eigenvalue weighted by atomic mass is 10.1. The molecular formula is C22H25N3O6. The number of azo groups is 1. The van der Waals surface area contributed by atoms with Gasteiger partial charge in [0, 0.05) is 17.7 Å². The molecule has 31 heavy (non-hydrogen) atoms. The highest BCUT2D eigenvalue weighted by molar-refractivity contribution is 5.85. The zero-order valence-electron chi connectivity index (χ0n) is 17.4. The summed E-state index contributed by atoms with van der Waals surface area (Å²) in [5, 5.41) is 29.9. The van der Waals surface area contributed by atoms with Crippen molar-refractivity contribution in [3.05, 3.63) is 59.7 Å². The van der Waals surface area contributed by atoms with Crippen LogP contribution in [-0.2, 0) is 16.1 Å². The fraction of sp³-hybridized carbons (Fsp3) is 0.273. The average molecular weight is 427 g/mol. The van der Waals surface area contributed by atoms with Crippen LogP contribution in [0.2, 0.25) is 0 Å². The molecule has 0 atom stereocenters. The number of amides is 1. The molecule has 9 nitrogen and oxygen atoms in total. The summed E-state index contributed by atoms with van der Waals surface area (Å²) in [7, 11) is 1.57. The summed E-state index contributed by atoms with van der Waals surface area (Å²) in [6, 6.07) is 10.3. The maximum absolute atomic E-state index is 11.8. The van der Waals surface area contributed by atoms with Crippen molar-refractivity contribution < 1.29 is 29.3 Å². The third-order valence-corrected chi connectivity index (χ3v) is 4.24. The number of aryl methyl sites for hydroxylation is 1. The van der Waals surface area contributed by atoms with Crippen LogP contribution in [0.1, 0.15) is 24.0 Å². The van der Waals surface area contributed by atoms with Crippen LogP contribution in [0, 0.1) is 6.92 Å². The molecule has 9 heteroatoms. The Kier molecular flexibility index (Phi) is 8.56. The van der Waals surface area contributed by atoms with Crippen molar-refractivity contribution in [2.75, 3.05) is 13.7 Å². The minimum absolute atomic E-state index is 0.0798. The molecule has 0 heterocycles. The van der Waals surface area contributed by atoms with E-state index >= 15 is 0 Å². The van der Waals surface area contributed by atoms with E-state index in [-0.39, 0.29) is 36.6 Å². The molecule has 0 unspecified atom stereocenters. The van der Waals surface area contributed by atoms with E-state index in [2.05, 4.69) is 22.1 Å². The first-order valence-corrected chi connectivity index (χ1v) is 9.50. The largest absolute Gasteiger partial charge is 0.505 e. The molecule has 2 rings (SSSR count). The van der Waals surface area contributed by atoms with Gasteiger partial charge in [0.25, 0.3) is 0 Å². The molecule has 0 radical (unpaired) electrons. The van der Waals surface area contributed by atoms with Gasteiger partial charge in [-0.25, -0.2) is 9.59 Å². The zero-order chi connectivity index (χ0) is 22.8. The molecular weight excluding hydrogens is 402 g/mol. The van der Waals surface area contributed by atoms with Crippen molar-refractivity contribution in [2.45, 2.75) is 26.4 Å². The Morgan fingerprint density at radius 3 is 2.52 bits per heavy atom. The highest BCUT2D eigenvalue weighted by Crippen LogP contribution is 2.33. The van der Waals surface area contributed by atoms with Gasteiger partial charge in [0.05, 0.1) is 12.8 Å². The maximum Gasteiger partial charge on any atom is 0.407 e. The van der Waals surface area contributed by atoms with Gasteiger partial charge in [-0.1, -0.05) is 6.58 Å². The van der Waals surface area contributed by atoms with Gasteiger partial charge in [-0.2, -0.15) is 5.11 Å². The van der Waals surface area contributed by atoms with Crippen molar-refractivity contribution >= 4 is 23.4 Å². The van der Waals surface area contributed by atoms with Crippen LogP contribution < -0.4 is 10.1 Å². The number of nitrogens with one attached hydrogen (secondary N) is 1. The predicted octanol–water partition coefficient (Wildman–Crippen LogP) is 4.77. The van der Waals surface area contributed by atoms with Crippen LogP contribution in [-0.4, -0.2) is 35.9 Å². The number of phenols is 1. The minimum atomic E-state index is -1.06. The van der Waals surface area contributed by atoms with Crippen molar-refractivity contribution in [3.8, 4) is 11.5 Å². The minimum Gasteiger partial charge on any atom is -0.505 e. The molecule has 2 aromatic carbocycles. The van der Waals surface area contributed by atoms with Crippen LogP contribution in [0.4, 0.5) is 16.2 Å². The first kappa shape index (κ1) is 23.4. The lowest BCUT2D eigenvalue weighted by Crippen LogP contribution is -2.25. The van der Waals surface area contributed by atoms with E-state index in [1.165, 1.54) is 0 Å². The molecule has 0 spiro atoms. The van der Waals surface area contributed by atoms with Crippen molar-refractivity contribution in [1.82, 2.24) is 5.32 Å². The second-order valence-corrected chi connectivity index (χ2v) is 6.70. The normalized spacial score (nSPS) is 10.6. The van der Waals surface area contributed by atoms with E-state index in [1.54, 1.807) is 43.5 Å². The molecule has 0 aliphatic heterocycles. The fourth-order valence-corrected chi connectivity index (χ4v) is 2.57. The molecule has 2 aromatic rings. The third-order valence-electron chi connectivity index (χ3n) is 4.24. The number of hydrogen-bond acceptors (Lipinski definition) is 7. The highest BCUT2D eigenvalue weighted by Gasteiger charge is 2.12. The molecule has 0 aliphatic carbocycles. The van der Waals surface area contributed by atoms with E-state index in [1.807, 2.05) is 6.92 Å². The van der Waals surface area contributed by atoms with Gasteiger partial charge in [0.15, 0.2) is 0 Å². The smallest absolute Gasteiger partial charge is 0.407 e. The Morgan fingerprint density at radius 1 is 1.16 bits per heavy atom. The van der Waals surface area contributed by atoms with Gasteiger partial charge < -0.3 is 25.0 Å². The first-order chi connectivity index (χ1) is 14.8. The van der Waals surface area contributed by atoms with Crippen LogP contribution >= 0.6 is 0 Å². The molecule has 0 saturated carbocycles. The van der Waals surface area contributed by atoms with Gasteiger partial charge in [-0.3, -0.25) is 0 Å². The lowest BCUT2D eigenvalue weighted by Gasteiger charge is -2.10. The van der Waals surface area contributed by atoms with E-state index < -0.39 is 12.1 Å². The Balaban J connectivity index is 1.93. The molecule has 0 bridgehead atoms. The summed E-state index contributed by atoms with van der Waals surface area (Å²) in [5.74, 6) is -0.493. The summed E-state index contributed by atoms with van der Waals surface area (Å²) in [6.45, 7) is 5.33.